The van der Waals surface area contributed by atoms with Gasteiger partial charge in [-0.1, -0.05) is 18.6 Å². The number of piperidine rings is 1. The number of phenols is 1. The fourth-order valence-corrected chi connectivity index (χ4v) is 4.41. The van der Waals surface area contributed by atoms with Crippen molar-refractivity contribution in [3.8, 4) is 5.75 Å². The lowest BCUT2D eigenvalue weighted by molar-refractivity contribution is 0.198. The molecule has 0 spiro atoms. The molecule has 0 saturated carbocycles. The van der Waals surface area contributed by atoms with Crippen molar-refractivity contribution < 1.29 is 5.11 Å². The quantitative estimate of drug-likeness (QED) is 0.366. The van der Waals surface area contributed by atoms with Crippen LogP contribution >= 0.6 is 24.0 Å². The van der Waals surface area contributed by atoms with E-state index in [-0.39, 0.29) is 24.0 Å². The molecule has 1 atom stereocenters. The van der Waals surface area contributed by atoms with Crippen molar-refractivity contribution in [2.75, 3.05) is 39.3 Å². The van der Waals surface area contributed by atoms with E-state index >= 15 is 0 Å². The van der Waals surface area contributed by atoms with E-state index in [4.69, 9.17) is 4.99 Å². The van der Waals surface area contributed by atoms with Crippen molar-refractivity contribution in [1.29, 1.82) is 0 Å². The molecule has 1 aromatic carbocycles. The Hall–Kier alpha value is -1.02. The maximum Gasteiger partial charge on any atom is 0.194 e. The zero-order valence-electron chi connectivity index (χ0n) is 17.7. The smallest absolute Gasteiger partial charge is 0.194 e. The van der Waals surface area contributed by atoms with E-state index < -0.39 is 0 Å². The SMILES string of the molecule is CCNC(=NCc1cc(C)c(O)c(C)c1)N1CCC(CN2CCCCC2)C1.I. The molecule has 28 heavy (non-hydrogen) atoms. The normalized spacial score (nSPS) is 20.9. The molecule has 6 heteroatoms. The van der Waals surface area contributed by atoms with Gasteiger partial charge in [-0.25, -0.2) is 4.99 Å². The van der Waals surface area contributed by atoms with E-state index in [1.807, 2.05) is 26.0 Å². The molecule has 0 radical (unpaired) electrons. The number of nitrogens with one attached hydrogen (secondary N) is 1. The molecule has 1 aromatic rings. The Balaban J connectivity index is 0.00000280. The Kier molecular flexibility index (Phi) is 9.34. The lowest BCUT2D eigenvalue weighted by atomic mass is 10.1. The van der Waals surface area contributed by atoms with Crippen molar-refractivity contribution >= 4 is 29.9 Å². The van der Waals surface area contributed by atoms with Crippen LogP contribution in [0.2, 0.25) is 0 Å². The first kappa shape index (κ1) is 23.3. The van der Waals surface area contributed by atoms with Crippen LogP contribution in [0.3, 0.4) is 0 Å². The van der Waals surface area contributed by atoms with E-state index in [2.05, 4.69) is 22.0 Å². The van der Waals surface area contributed by atoms with Gasteiger partial charge in [0.05, 0.1) is 6.54 Å². The minimum atomic E-state index is 0. The number of aryl methyl sites for hydroxylation is 2. The molecule has 0 bridgehead atoms. The summed E-state index contributed by atoms with van der Waals surface area (Å²) in [6.45, 7) is 13.6. The summed E-state index contributed by atoms with van der Waals surface area (Å²) in [6.07, 6.45) is 5.40. The van der Waals surface area contributed by atoms with Crippen LogP contribution < -0.4 is 5.32 Å². The number of phenolic OH excluding ortho intramolecular Hbond substituents is 1. The fraction of sp³-hybridized carbons (Fsp3) is 0.682. The van der Waals surface area contributed by atoms with Crippen LogP contribution in [0.5, 0.6) is 5.75 Å². The molecule has 2 aliphatic rings. The van der Waals surface area contributed by atoms with Crippen molar-refractivity contribution in [3.63, 3.8) is 0 Å². The summed E-state index contributed by atoms with van der Waals surface area (Å²) in [7, 11) is 0. The zero-order valence-corrected chi connectivity index (χ0v) is 20.0. The van der Waals surface area contributed by atoms with Gasteiger partial charge in [0.25, 0.3) is 0 Å². The highest BCUT2D eigenvalue weighted by Gasteiger charge is 2.26. The van der Waals surface area contributed by atoms with Crippen molar-refractivity contribution in [3.05, 3.63) is 28.8 Å². The maximum absolute atomic E-state index is 9.97. The molecular weight excluding hydrogens is 463 g/mol. The number of benzene rings is 1. The minimum absolute atomic E-state index is 0. The minimum Gasteiger partial charge on any atom is -0.507 e. The van der Waals surface area contributed by atoms with E-state index in [1.165, 1.54) is 45.3 Å². The third-order valence-corrected chi connectivity index (χ3v) is 5.85. The van der Waals surface area contributed by atoms with Crippen molar-refractivity contribution in [2.45, 2.75) is 53.0 Å². The third kappa shape index (κ3) is 6.24. The molecular formula is C22H37IN4O. The standard InChI is InChI=1S/C22H36N4O.HI/c1-4-23-22(24-14-20-12-17(2)21(27)18(3)13-20)26-11-8-19(16-26)15-25-9-6-5-7-10-25;/h12-13,19,27H,4-11,14-16H2,1-3H3,(H,23,24);1H. The molecule has 2 saturated heterocycles. The summed E-state index contributed by atoms with van der Waals surface area (Å²) < 4.78 is 0. The number of aliphatic imine (C=N–C) groups is 1. The summed E-state index contributed by atoms with van der Waals surface area (Å²) in [5.41, 5.74) is 3.00. The van der Waals surface area contributed by atoms with Crippen LogP contribution in [0.15, 0.2) is 17.1 Å². The Morgan fingerprint density at radius 1 is 1.14 bits per heavy atom. The van der Waals surface area contributed by atoms with Gasteiger partial charge in [-0.05, 0) is 75.7 Å². The summed E-state index contributed by atoms with van der Waals surface area (Å²) in [5, 5.41) is 13.4. The fourth-order valence-electron chi connectivity index (χ4n) is 4.41. The Bertz CT molecular complexity index is 635. The van der Waals surface area contributed by atoms with Crippen LogP contribution in [-0.2, 0) is 6.54 Å². The average Bonchev–Trinajstić information content (AvgIpc) is 3.12. The first-order valence-electron chi connectivity index (χ1n) is 10.6. The van der Waals surface area contributed by atoms with Crippen LogP contribution in [0, 0.1) is 19.8 Å². The number of rotatable bonds is 5. The van der Waals surface area contributed by atoms with Gasteiger partial charge in [-0.15, -0.1) is 24.0 Å². The highest BCUT2D eigenvalue weighted by molar-refractivity contribution is 14.0. The first-order chi connectivity index (χ1) is 13.1. The predicted octanol–water partition coefficient (Wildman–Crippen LogP) is 3.90. The molecule has 3 rings (SSSR count). The number of aromatic hydroxyl groups is 1. The van der Waals surface area contributed by atoms with Crippen LogP contribution in [0.25, 0.3) is 0 Å². The maximum atomic E-state index is 9.97. The van der Waals surface area contributed by atoms with Crippen LogP contribution in [0.4, 0.5) is 0 Å². The van der Waals surface area contributed by atoms with Gasteiger partial charge < -0.3 is 20.2 Å². The second kappa shape index (κ2) is 11.2. The Morgan fingerprint density at radius 2 is 1.82 bits per heavy atom. The van der Waals surface area contributed by atoms with Gasteiger partial charge in [0.2, 0.25) is 0 Å². The van der Waals surface area contributed by atoms with E-state index in [9.17, 15) is 5.11 Å². The summed E-state index contributed by atoms with van der Waals surface area (Å²) in [5.74, 6) is 2.18. The van der Waals surface area contributed by atoms with Crippen LogP contribution in [-0.4, -0.2) is 60.1 Å². The number of hydrogen-bond acceptors (Lipinski definition) is 3. The molecule has 0 amide bonds. The van der Waals surface area contributed by atoms with Crippen LogP contribution in [0.1, 0.15) is 49.3 Å². The summed E-state index contributed by atoms with van der Waals surface area (Å²) in [4.78, 5) is 9.98. The molecule has 158 valence electrons. The van der Waals surface area contributed by atoms with Gasteiger partial charge in [-0.2, -0.15) is 0 Å². The molecule has 0 aromatic heterocycles. The summed E-state index contributed by atoms with van der Waals surface area (Å²) in [6, 6.07) is 4.08. The number of likely N-dealkylation sites (tertiary alicyclic amines) is 2. The molecule has 0 aliphatic carbocycles. The van der Waals surface area contributed by atoms with Gasteiger partial charge in [-0.3, -0.25) is 0 Å². The molecule has 2 N–H and O–H groups in total. The lowest BCUT2D eigenvalue weighted by Gasteiger charge is -2.29. The second-order valence-electron chi connectivity index (χ2n) is 8.21. The third-order valence-electron chi connectivity index (χ3n) is 5.85. The number of nitrogens with zero attached hydrogens (tertiary/aromatic N) is 3. The number of hydrogen-bond donors (Lipinski definition) is 2. The highest BCUT2D eigenvalue weighted by atomic mass is 127. The Morgan fingerprint density at radius 3 is 2.46 bits per heavy atom. The number of halogens is 1. The lowest BCUT2D eigenvalue weighted by Crippen LogP contribution is -2.41. The van der Waals surface area contributed by atoms with Gasteiger partial charge in [0.1, 0.15) is 5.75 Å². The monoisotopic (exact) mass is 500 g/mol. The zero-order chi connectivity index (χ0) is 19.2. The summed E-state index contributed by atoms with van der Waals surface area (Å²) >= 11 is 0. The van der Waals surface area contributed by atoms with E-state index in [0.29, 0.717) is 12.3 Å². The molecule has 2 aliphatic heterocycles. The van der Waals surface area contributed by atoms with E-state index in [0.717, 1.165) is 48.2 Å². The molecule has 2 heterocycles. The van der Waals surface area contributed by atoms with Gasteiger partial charge in [0.15, 0.2) is 5.96 Å². The average molecular weight is 500 g/mol. The van der Waals surface area contributed by atoms with Gasteiger partial charge >= 0.3 is 0 Å². The van der Waals surface area contributed by atoms with Crippen molar-refractivity contribution in [1.82, 2.24) is 15.1 Å². The van der Waals surface area contributed by atoms with Gasteiger partial charge in [0, 0.05) is 26.2 Å². The Labute approximate surface area is 187 Å². The van der Waals surface area contributed by atoms with E-state index in [1.54, 1.807) is 0 Å². The molecule has 2 fully saturated rings. The van der Waals surface area contributed by atoms with Crippen molar-refractivity contribution in [2.24, 2.45) is 10.9 Å². The predicted molar refractivity (Wildman–Crippen MR) is 128 cm³/mol. The molecule has 5 nitrogen and oxygen atoms in total. The molecule has 1 unspecified atom stereocenters. The largest absolute Gasteiger partial charge is 0.507 e. The second-order valence-corrected chi connectivity index (χ2v) is 8.21. The first-order valence-corrected chi connectivity index (χ1v) is 10.6. The number of guanidine groups is 1. The highest BCUT2D eigenvalue weighted by Crippen LogP contribution is 2.24. The topological polar surface area (TPSA) is 51.1 Å².